The summed E-state index contributed by atoms with van der Waals surface area (Å²) in [6.45, 7) is 1.91. The van der Waals surface area contributed by atoms with E-state index in [2.05, 4.69) is 25.7 Å². The number of aromatic nitrogens is 2. The van der Waals surface area contributed by atoms with Crippen molar-refractivity contribution in [2.45, 2.75) is 25.4 Å². The SMILES string of the molecule is CNC(=O)CN1CCC(CCOc2ncc(-c3cc(NC)c(N=N)c(C#N)n3)cc2C(F)(F)F)CC1. The Hall–Kier alpha value is -3.79. The highest BCUT2D eigenvalue weighted by atomic mass is 19.4. The van der Waals surface area contributed by atoms with E-state index < -0.39 is 17.6 Å². The normalized spacial score (nSPS) is 14.7. The minimum Gasteiger partial charge on any atom is -0.477 e. The fourth-order valence-corrected chi connectivity index (χ4v) is 4.02. The van der Waals surface area contributed by atoms with Gasteiger partial charge in [-0.15, -0.1) is 0 Å². The monoisotopic (exact) mass is 504 g/mol. The molecule has 3 N–H and O–H groups in total. The van der Waals surface area contributed by atoms with E-state index in [0.29, 0.717) is 13.0 Å². The maximum atomic E-state index is 13.8. The van der Waals surface area contributed by atoms with Crippen LogP contribution in [0.15, 0.2) is 23.4 Å². The molecule has 1 aliphatic rings. The average Bonchev–Trinajstić information content (AvgIpc) is 2.88. The molecule has 13 heteroatoms. The standard InChI is InChI=1S/C23H27F3N8O2/c1-29-18-10-17(32-19(11-27)21(18)33-28)15-9-16(23(24,25)26)22(31-12-15)36-8-5-14-3-6-34(7-4-14)13-20(35)30-2/h9-10,12,14,28H,3-8,13H2,1-2H3,(H,29,32)(H,30,35). The van der Waals surface area contributed by atoms with Crippen molar-refractivity contribution >= 4 is 17.3 Å². The number of carbonyl (C=O) groups excluding carboxylic acids is 1. The van der Waals surface area contributed by atoms with E-state index in [1.165, 1.54) is 19.3 Å². The number of nitrogens with one attached hydrogen (secondary N) is 3. The smallest absolute Gasteiger partial charge is 0.421 e. The molecule has 0 saturated carbocycles. The topological polar surface area (TPSA) is 139 Å². The summed E-state index contributed by atoms with van der Waals surface area (Å²) in [5, 5.41) is 18.0. The van der Waals surface area contributed by atoms with Gasteiger partial charge in [-0.05, 0) is 50.4 Å². The van der Waals surface area contributed by atoms with Crippen LogP contribution in [0.25, 0.3) is 11.3 Å². The van der Waals surface area contributed by atoms with E-state index >= 15 is 0 Å². The summed E-state index contributed by atoms with van der Waals surface area (Å²) < 4.78 is 46.9. The van der Waals surface area contributed by atoms with Gasteiger partial charge in [0.25, 0.3) is 0 Å². The van der Waals surface area contributed by atoms with Crippen LogP contribution in [0.3, 0.4) is 0 Å². The van der Waals surface area contributed by atoms with Crippen molar-refractivity contribution in [2.24, 2.45) is 11.0 Å². The van der Waals surface area contributed by atoms with Gasteiger partial charge in [0, 0.05) is 25.9 Å². The number of ether oxygens (including phenoxy) is 1. The molecule has 0 aromatic carbocycles. The van der Waals surface area contributed by atoms with Crippen molar-refractivity contribution in [3.05, 3.63) is 29.6 Å². The van der Waals surface area contributed by atoms with Crippen LogP contribution in [-0.2, 0) is 11.0 Å². The third-order valence-electron chi connectivity index (χ3n) is 6.05. The molecule has 1 amide bonds. The number of amides is 1. The number of halogens is 3. The third-order valence-corrected chi connectivity index (χ3v) is 6.05. The minimum atomic E-state index is -4.72. The quantitative estimate of drug-likeness (QED) is 0.439. The highest BCUT2D eigenvalue weighted by Gasteiger charge is 2.36. The van der Waals surface area contributed by atoms with Crippen molar-refractivity contribution in [1.82, 2.24) is 20.2 Å². The largest absolute Gasteiger partial charge is 0.477 e. The average molecular weight is 505 g/mol. The van der Waals surface area contributed by atoms with Gasteiger partial charge in [-0.2, -0.15) is 23.5 Å². The number of hydrogen-bond donors (Lipinski definition) is 3. The van der Waals surface area contributed by atoms with Gasteiger partial charge in [-0.3, -0.25) is 9.69 Å². The van der Waals surface area contributed by atoms with E-state index in [0.717, 1.165) is 32.0 Å². The molecule has 192 valence electrons. The molecule has 0 spiro atoms. The van der Waals surface area contributed by atoms with Crippen LogP contribution in [0.2, 0.25) is 0 Å². The summed E-state index contributed by atoms with van der Waals surface area (Å²) in [7, 11) is 3.13. The van der Waals surface area contributed by atoms with Crippen LogP contribution in [0.5, 0.6) is 5.88 Å². The number of carbonyl (C=O) groups is 1. The Balaban J connectivity index is 1.72. The predicted octanol–water partition coefficient (Wildman–Crippen LogP) is 3.97. The summed E-state index contributed by atoms with van der Waals surface area (Å²) in [6, 6.07) is 4.10. The molecule has 0 aliphatic carbocycles. The molecule has 1 fully saturated rings. The Labute approximate surface area is 206 Å². The summed E-state index contributed by atoms with van der Waals surface area (Å²) in [5.74, 6) is -0.279. The van der Waals surface area contributed by atoms with Crippen LogP contribution in [0.1, 0.15) is 30.5 Å². The fourth-order valence-electron chi connectivity index (χ4n) is 4.02. The molecule has 1 saturated heterocycles. The number of piperidine rings is 1. The van der Waals surface area contributed by atoms with E-state index in [1.54, 1.807) is 13.1 Å². The Kier molecular flexibility index (Phi) is 8.76. The van der Waals surface area contributed by atoms with E-state index in [4.69, 9.17) is 10.3 Å². The Bertz CT molecular complexity index is 1140. The van der Waals surface area contributed by atoms with Crippen molar-refractivity contribution in [3.8, 4) is 23.2 Å². The molecule has 0 atom stereocenters. The van der Waals surface area contributed by atoms with Gasteiger partial charge in [0.05, 0.1) is 24.5 Å². The maximum Gasteiger partial charge on any atom is 0.421 e. The summed E-state index contributed by atoms with van der Waals surface area (Å²) in [5.41, 5.74) is 6.40. The van der Waals surface area contributed by atoms with Crippen LogP contribution in [0.4, 0.5) is 24.5 Å². The molecule has 1 aliphatic heterocycles. The number of anilines is 1. The van der Waals surface area contributed by atoms with Crippen molar-refractivity contribution < 1.29 is 22.7 Å². The second-order valence-corrected chi connectivity index (χ2v) is 8.33. The number of nitriles is 1. The van der Waals surface area contributed by atoms with Gasteiger partial charge in [-0.25, -0.2) is 15.5 Å². The van der Waals surface area contributed by atoms with Crippen molar-refractivity contribution in [3.63, 3.8) is 0 Å². The minimum absolute atomic E-state index is 0.00725. The fraction of sp³-hybridized carbons (Fsp3) is 0.478. The van der Waals surface area contributed by atoms with Gasteiger partial charge in [-0.1, -0.05) is 0 Å². The number of rotatable bonds is 9. The molecular formula is C23H27F3N8O2. The van der Waals surface area contributed by atoms with Gasteiger partial charge in [0.2, 0.25) is 11.8 Å². The lowest BCUT2D eigenvalue weighted by molar-refractivity contribution is -0.139. The Morgan fingerprint density at radius 1 is 1.33 bits per heavy atom. The Morgan fingerprint density at radius 2 is 2.06 bits per heavy atom. The molecule has 2 aromatic rings. The molecule has 0 radical (unpaired) electrons. The highest BCUT2D eigenvalue weighted by Crippen LogP contribution is 2.39. The lowest BCUT2D eigenvalue weighted by Crippen LogP contribution is -2.40. The number of alkyl halides is 3. The molecular weight excluding hydrogens is 477 g/mol. The number of hydrogen-bond acceptors (Lipinski definition) is 9. The second-order valence-electron chi connectivity index (χ2n) is 8.33. The summed E-state index contributed by atoms with van der Waals surface area (Å²) >= 11 is 0. The lowest BCUT2D eigenvalue weighted by Gasteiger charge is -2.31. The zero-order chi connectivity index (χ0) is 26.3. The number of nitrogens with zero attached hydrogens (tertiary/aromatic N) is 5. The number of pyridine rings is 2. The van der Waals surface area contributed by atoms with E-state index in [9.17, 15) is 23.2 Å². The first kappa shape index (κ1) is 26.8. The molecule has 3 heterocycles. The second kappa shape index (κ2) is 11.8. The molecule has 3 rings (SSSR count). The third kappa shape index (κ3) is 6.45. The maximum absolute atomic E-state index is 13.8. The van der Waals surface area contributed by atoms with Gasteiger partial charge >= 0.3 is 6.18 Å². The number of likely N-dealkylation sites (N-methyl/N-ethyl adjacent to an activating group) is 1. The zero-order valence-electron chi connectivity index (χ0n) is 19.9. The zero-order valence-corrected chi connectivity index (χ0v) is 19.9. The first-order valence-corrected chi connectivity index (χ1v) is 11.3. The molecule has 36 heavy (non-hydrogen) atoms. The molecule has 0 unspecified atom stereocenters. The van der Waals surface area contributed by atoms with E-state index in [1.807, 2.05) is 4.90 Å². The van der Waals surface area contributed by atoms with Crippen LogP contribution < -0.4 is 15.4 Å². The van der Waals surface area contributed by atoms with Gasteiger partial charge < -0.3 is 15.4 Å². The van der Waals surface area contributed by atoms with Crippen LogP contribution in [-0.4, -0.2) is 61.1 Å². The first-order valence-electron chi connectivity index (χ1n) is 11.3. The number of likely N-dealkylation sites (tertiary alicyclic amines) is 1. The highest BCUT2D eigenvalue weighted by molar-refractivity contribution is 5.77. The predicted molar refractivity (Wildman–Crippen MR) is 125 cm³/mol. The van der Waals surface area contributed by atoms with E-state index in [-0.39, 0.29) is 46.8 Å². The molecule has 10 nitrogen and oxygen atoms in total. The van der Waals surface area contributed by atoms with Crippen molar-refractivity contribution in [1.29, 1.82) is 10.8 Å². The molecule has 2 aromatic heterocycles. The lowest BCUT2D eigenvalue weighted by atomic mass is 9.94. The van der Waals surface area contributed by atoms with Crippen LogP contribution >= 0.6 is 0 Å². The van der Waals surface area contributed by atoms with Crippen LogP contribution in [0, 0.1) is 22.8 Å². The molecule has 0 bridgehead atoms. The van der Waals surface area contributed by atoms with Gasteiger partial charge in [0.1, 0.15) is 17.3 Å². The van der Waals surface area contributed by atoms with Crippen molar-refractivity contribution in [2.75, 3.05) is 45.7 Å². The first-order chi connectivity index (χ1) is 17.2. The van der Waals surface area contributed by atoms with Gasteiger partial charge in [0.15, 0.2) is 5.69 Å². The Morgan fingerprint density at radius 3 is 2.64 bits per heavy atom. The summed E-state index contributed by atoms with van der Waals surface area (Å²) in [4.78, 5) is 21.5. The summed E-state index contributed by atoms with van der Waals surface area (Å²) in [6.07, 6.45) is -1.27.